The third kappa shape index (κ3) is 3.22. The van der Waals surface area contributed by atoms with Gasteiger partial charge in [0.05, 0.1) is 23.8 Å². The molecule has 0 aromatic heterocycles. The lowest BCUT2D eigenvalue weighted by atomic mass is 10.0. The van der Waals surface area contributed by atoms with Gasteiger partial charge in [0.15, 0.2) is 6.61 Å². The molecule has 2 aromatic rings. The second-order valence-corrected chi connectivity index (χ2v) is 6.47. The molecule has 8 nitrogen and oxygen atoms in total. The van der Waals surface area contributed by atoms with Crippen molar-refractivity contribution in [2.24, 2.45) is 5.73 Å². The highest BCUT2D eigenvalue weighted by Gasteiger charge is 2.34. The normalized spacial score (nSPS) is 17.5. The van der Waals surface area contributed by atoms with E-state index < -0.39 is 23.7 Å². The maximum Gasteiger partial charge on any atom is 0.262 e. The minimum absolute atomic E-state index is 0.00405. The number of halogens is 1. The standard InChI is InChI=1S/C19H16FN3O5/c20-11-2-3-14-16(6-11)27-8-12(7-17(21)24)23(14)19(26)10-1-4-15-13(5-10)22-18(25)9-28-15/h1-6,12H,7-9H2,(H2,21,24)(H,22,25)/t12-/m0/s1. The fourth-order valence-electron chi connectivity index (χ4n) is 3.27. The molecule has 0 spiro atoms. The van der Waals surface area contributed by atoms with Crippen molar-refractivity contribution in [3.63, 3.8) is 0 Å². The van der Waals surface area contributed by atoms with Crippen LogP contribution >= 0.6 is 0 Å². The maximum absolute atomic E-state index is 13.6. The Kier molecular flexibility index (Phi) is 4.34. The lowest BCUT2D eigenvalue weighted by molar-refractivity contribution is -0.119. The molecule has 0 radical (unpaired) electrons. The number of fused-ring (bicyclic) bond motifs is 2. The summed E-state index contributed by atoms with van der Waals surface area (Å²) < 4.78 is 24.4. The van der Waals surface area contributed by atoms with Gasteiger partial charge in [-0.2, -0.15) is 0 Å². The van der Waals surface area contributed by atoms with Crippen molar-refractivity contribution in [3.05, 3.63) is 47.8 Å². The number of primary amides is 1. The van der Waals surface area contributed by atoms with E-state index in [1.165, 1.54) is 29.2 Å². The average molecular weight is 385 g/mol. The van der Waals surface area contributed by atoms with E-state index in [9.17, 15) is 18.8 Å². The van der Waals surface area contributed by atoms with Crippen LogP contribution in [0.4, 0.5) is 15.8 Å². The summed E-state index contributed by atoms with van der Waals surface area (Å²) >= 11 is 0. The van der Waals surface area contributed by atoms with Gasteiger partial charge in [0.1, 0.15) is 23.9 Å². The van der Waals surface area contributed by atoms with Gasteiger partial charge >= 0.3 is 0 Å². The molecule has 1 atom stereocenters. The largest absolute Gasteiger partial charge is 0.489 e. The van der Waals surface area contributed by atoms with Crippen LogP contribution in [0.1, 0.15) is 16.8 Å². The van der Waals surface area contributed by atoms with Crippen LogP contribution in [0.3, 0.4) is 0 Å². The van der Waals surface area contributed by atoms with Gasteiger partial charge in [-0.1, -0.05) is 0 Å². The summed E-state index contributed by atoms with van der Waals surface area (Å²) in [6.07, 6.45) is -0.118. The zero-order valence-electron chi connectivity index (χ0n) is 14.6. The number of rotatable bonds is 3. The highest BCUT2D eigenvalue weighted by Crippen LogP contribution is 2.37. The van der Waals surface area contributed by atoms with E-state index in [4.69, 9.17) is 15.2 Å². The Labute approximate surface area is 159 Å². The highest BCUT2D eigenvalue weighted by molar-refractivity contribution is 6.09. The van der Waals surface area contributed by atoms with Crippen LogP contribution in [0.5, 0.6) is 11.5 Å². The van der Waals surface area contributed by atoms with Gasteiger partial charge in [0.2, 0.25) is 5.91 Å². The topological polar surface area (TPSA) is 111 Å². The first-order chi connectivity index (χ1) is 13.4. The van der Waals surface area contributed by atoms with Crippen molar-refractivity contribution in [2.45, 2.75) is 12.5 Å². The summed E-state index contributed by atoms with van der Waals surface area (Å²) in [5.74, 6) is -1.21. The predicted molar refractivity (Wildman–Crippen MR) is 96.9 cm³/mol. The maximum atomic E-state index is 13.6. The molecule has 28 heavy (non-hydrogen) atoms. The molecule has 9 heteroatoms. The fraction of sp³-hybridized carbons (Fsp3) is 0.211. The third-order valence-electron chi connectivity index (χ3n) is 4.49. The first kappa shape index (κ1) is 17.8. The van der Waals surface area contributed by atoms with Crippen molar-refractivity contribution in [1.82, 2.24) is 0 Å². The molecule has 2 heterocycles. The summed E-state index contributed by atoms with van der Waals surface area (Å²) in [5, 5.41) is 2.65. The minimum atomic E-state index is -0.648. The Hall–Kier alpha value is -3.62. The number of hydrogen-bond acceptors (Lipinski definition) is 5. The molecule has 0 fully saturated rings. The van der Waals surface area contributed by atoms with Crippen molar-refractivity contribution in [1.29, 1.82) is 0 Å². The number of ether oxygens (including phenoxy) is 2. The molecule has 2 aliphatic heterocycles. The number of anilines is 2. The second kappa shape index (κ2) is 6.84. The molecule has 0 unspecified atom stereocenters. The van der Waals surface area contributed by atoms with Gasteiger partial charge in [-0.3, -0.25) is 19.3 Å². The number of hydrogen-bond donors (Lipinski definition) is 2. The van der Waals surface area contributed by atoms with Gasteiger partial charge in [-0.15, -0.1) is 0 Å². The van der Waals surface area contributed by atoms with Crippen LogP contribution in [0.2, 0.25) is 0 Å². The van der Waals surface area contributed by atoms with Crippen molar-refractivity contribution >= 4 is 29.1 Å². The molecule has 0 aliphatic carbocycles. The molecule has 3 N–H and O–H groups in total. The first-order valence-electron chi connectivity index (χ1n) is 8.53. The van der Waals surface area contributed by atoms with E-state index in [1.807, 2.05) is 0 Å². The number of carbonyl (C=O) groups excluding carboxylic acids is 3. The van der Waals surface area contributed by atoms with E-state index in [1.54, 1.807) is 12.1 Å². The molecule has 0 saturated carbocycles. The molecular weight excluding hydrogens is 369 g/mol. The Morgan fingerprint density at radius 3 is 2.79 bits per heavy atom. The summed E-state index contributed by atoms with van der Waals surface area (Å²) in [7, 11) is 0. The Morgan fingerprint density at radius 2 is 2.00 bits per heavy atom. The van der Waals surface area contributed by atoms with Crippen molar-refractivity contribution in [2.75, 3.05) is 23.4 Å². The molecule has 4 rings (SSSR count). The van der Waals surface area contributed by atoms with Gasteiger partial charge in [0.25, 0.3) is 11.8 Å². The monoisotopic (exact) mass is 385 g/mol. The first-order valence-corrected chi connectivity index (χ1v) is 8.53. The number of nitrogens with two attached hydrogens (primary N) is 1. The molecule has 2 aromatic carbocycles. The summed E-state index contributed by atoms with van der Waals surface area (Å²) in [6, 6.07) is 7.78. The number of nitrogens with one attached hydrogen (secondary N) is 1. The Balaban J connectivity index is 1.74. The summed E-state index contributed by atoms with van der Waals surface area (Å²) in [5.41, 5.74) is 6.29. The van der Waals surface area contributed by atoms with E-state index in [0.29, 0.717) is 17.1 Å². The van der Waals surface area contributed by atoms with E-state index >= 15 is 0 Å². The third-order valence-corrected chi connectivity index (χ3v) is 4.49. The molecular formula is C19H16FN3O5. The lowest BCUT2D eigenvalue weighted by Crippen LogP contribution is -2.48. The smallest absolute Gasteiger partial charge is 0.262 e. The summed E-state index contributed by atoms with van der Waals surface area (Å²) in [6.45, 7) is -0.0979. The van der Waals surface area contributed by atoms with Crippen LogP contribution in [0, 0.1) is 5.82 Å². The van der Waals surface area contributed by atoms with Crippen LogP contribution in [0.25, 0.3) is 0 Å². The van der Waals surface area contributed by atoms with E-state index in [0.717, 1.165) is 0 Å². The lowest BCUT2D eigenvalue weighted by Gasteiger charge is -2.36. The number of nitrogens with zero attached hydrogens (tertiary/aromatic N) is 1. The van der Waals surface area contributed by atoms with Gasteiger partial charge in [-0.25, -0.2) is 4.39 Å². The van der Waals surface area contributed by atoms with Gasteiger partial charge in [-0.05, 0) is 30.3 Å². The number of carbonyl (C=O) groups is 3. The quantitative estimate of drug-likeness (QED) is 0.831. The molecule has 0 bridgehead atoms. The Bertz CT molecular complexity index is 994. The second-order valence-electron chi connectivity index (χ2n) is 6.47. The zero-order chi connectivity index (χ0) is 19.8. The van der Waals surface area contributed by atoms with Crippen LogP contribution < -0.4 is 25.4 Å². The highest BCUT2D eigenvalue weighted by atomic mass is 19.1. The summed E-state index contributed by atoms with van der Waals surface area (Å²) in [4.78, 5) is 37.7. The van der Waals surface area contributed by atoms with E-state index in [2.05, 4.69) is 5.32 Å². The van der Waals surface area contributed by atoms with E-state index in [-0.39, 0.29) is 36.9 Å². The number of benzene rings is 2. The van der Waals surface area contributed by atoms with Gasteiger partial charge in [0, 0.05) is 11.6 Å². The minimum Gasteiger partial charge on any atom is -0.489 e. The number of amides is 3. The molecule has 0 saturated heterocycles. The SMILES string of the molecule is NC(=O)C[C@H]1COc2cc(F)ccc2N1C(=O)c1ccc2c(c1)NC(=O)CO2. The zero-order valence-corrected chi connectivity index (χ0v) is 14.6. The Morgan fingerprint density at radius 1 is 1.18 bits per heavy atom. The molecule has 3 amide bonds. The molecule has 144 valence electrons. The van der Waals surface area contributed by atoms with Gasteiger partial charge < -0.3 is 20.5 Å². The van der Waals surface area contributed by atoms with Crippen molar-refractivity contribution in [3.8, 4) is 11.5 Å². The molecule has 2 aliphatic rings. The average Bonchev–Trinajstić information content (AvgIpc) is 2.66. The fourth-order valence-corrected chi connectivity index (χ4v) is 3.27. The predicted octanol–water partition coefficient (Wildman–Crippen LogP) is 1.44. The van der Waals surface area contributed by atoms with Crippen LogP contribution in [-0.2, 0) is 9.59 Å². The van der Waals surface area contributed by atoms with Crippen LogP contribution in [-0.4, -0.2) is 37.0 Å². The van der Waals surface area contributed by atoms with Crippen LogP contribution in [0.15, 0.2) is 36.4 Å². The van der Waals surface area contributed by atoms with Crippen molar-refractivity contribution < 1.29 is 28.2 Å².